The van der Waals surface area contributed by atoms with Gasteiger partial charge >= 0.3 is 0 Å². The number of benzene rings is 2. The molecule has 94 valence electrons. The maximum atomic E-state index is 13.8. The van der Waals surface area contributed by atoms with E-state index in [1.54, 1.807) is 18.3 Å². The van der Waals surface area contributed by atoms with Gasteiger partial charge in [0.05, 0.1) is 0 Å². The molecule has 0 amide bonds. The number of aromatic nitrogens is 1. The maximum absolute atomic E-state index is 13.8. The summed E-state index contributed by atoms with van der Waals surface area (Å²) >= 11 is 0. The Bertz CT molecular complexity index is 766. The first-order valence-electron chi connectivity index (χ1n) is 6.06. The van der Waals surface area contributed by atoms with Crippen LogP contribution in [0.15, 0.2) is 48.7 Å². The average molecular weight is 252 g/mol. The van der Waals surface area contributed by atoms with E-state index < -0.39 is 0 Å². The van der Waals surface area contributed by atoms with Gasteiger partial charge in [-0.3, -0.25) is 0 Å². The van der Waals surface area contributed by atoms with Crippen LogP contribution in [0, 0.1) is 12.7 Å². The number of rotatable bonds is 1. The van der Waals surface area contributed by atoms with Gasteiger partial charge in [0.25, 0.3) is 0 Å². The van der Waals surface area contributed by atoms with Gasteiger partial charge in [-0.15, -0.1) is 0 Å². The summed E-state index contributed by atoms with van der Waals surface area (Å²) < 4.78 is 13.8. The summed E-state index contributed by atoms with van der Waals surface area (Å²) in [5, 5.41) is 1.51. The normalized spacial score (nSPS) is 10.8. The predicted octanol–water partition coefficient (Wildman–Crippen LogP) is 3.93. The fourth-order valence-electron chi connectivity index (χ4n) is 2.36. The monoisotopic (exact) mass is 252 g/mol. The standard InChI is InChI=1S/C16H13FN2/c1-10-8-16(18)19-9-14(10)12-6-7-15(17)13-5-3-2-4-11(12)13/h2-9H,1H3,(H2,18,19). The third-order valence-corrected chi connectivity index (χ3v) is 3.29. The Morgan fingerprint density at radius 1 is 1.00 bits per heavy atom. The highest BCUT2D eigenvalue weighted by Crippen LogP contribution is 2.32. The molecule has 19 heavy (non-hydrogen) atoms. The zero-order chi connectivity index (χ0) is 13.4. The Balaban J connectivity index is 2.34. The third kappa shape index (κ3) is 1.93. The lowest BCUT2D eigenvalue weighted by Gasteiger charge is -2.10. The molecule has 1 aromatic heterocycles. The van der Waals surface area contributed by atoms with Crippen LogP contribution in [0.5, 0.6) is 0 Å². The lowest BCUT2D eigenvalue weighted by Crippen LogP contribution is -1.93. The smallest absolute Gasteiger partial charge is 0.131 e. The van der Waals surface area contributed by atoms with Crippen molar-refractivity contribution >= 4 is 16.6 Å². The molecule has 2 aromatic carbocycles. The second-order valence-corrected chi connectivity index (χ2v) is 4.56. The highest BCUT2D eigenvalue weighted by atomic mass is 19.1. The van der Waals surface area contributed by atoms with Crippen LogP contribution in [-0.2, 0) is 0 Å². The van der Waals surface area contributed by atoms with Crippen molar-refractivity contribution in [3.63, 3.8) is 0 Å². The first kappa shape index (κ1) is 11.7. The topological polar surface area (TPSA) is 38.9 Å². The zero-order valence-electron chi connectivity index (χ0n) is 10.5. The molecule has 0 unspecified atom stereocenters. The van der Waals surface area contributed by atoms with Crippen molar-refractivity contribution in [2.24, 2.45) is 0 Å². The molecule has 3 rings (SSSR count). The molecule has 0 saturated carbocycles. The minimum absolute atomic E-state index is 0.208. The molecule has 0 aliphatic heterocycles. The molecular weight excluding hydrogens is 239 g/mol. The molecule has 0 radical (unpaired) electrons. The summed E-state index contributed by atoms with van der Waals surface area (Å²) in [6.45, 7) is 1.98. The van der Waals surface area contributed by atoms with Crippen molar-refractivity contribution in [2.75, 3.05) is 5.73 Å². The molecule has 0 atom stereocenters. The number of halogens is 1. The number of anilines is 1. The van der Waals surface area contributed by atoms with E-state index in [4.69, 9.17) is 5.73 Å². The van der Waals surface area contributed by atoms with Crippen molar-refractivity contribution in [3.05, 3.63) is 60.0 Å². The summed E-state index contributed by atoms with van der Waals surface area (Å²) in [4.78, 5) is 4.13. The Morgan fingerprint density at radius 2 is 1.74 bits per heavy atom. The Kier molecular flexibility index (Phi) is 2.67. The molecule has 3 aromatic rings. The highest BCUT2D eigenvalue weighted by Gasteiger charge is 2.09. The van der Waals surface area contributed by atoms with Gasteiger partial charge in [0, 0.05) is 17.1 Å². The van der Waals surface area contributed by atoms with Gasteiger partial charge in [-0.05, 0) is 35.6 Å². The minimum atomic E-state index is -0.208. The first-order chi connectivity index (χ1) is 9.16. The van der Waals surface area contributed by atoms with E-state index >= 15 is 0 Å². The lowest BCUT2D eigenvalue weighted by molar-refractivity contribution is 0.640. The summed E-state index contributed by atoms with van der Waals surface area (Å²) in [5.41, 5.74) is 8.65. The fraction of sp³-hybridized carbons (Fsp3) is 0.0625. The summed E-state index contributed by atoms with van der Waals surface area (Å²) in [6.07, 6.45) is 1.74. The maximum Gasteiger partial charge on any atom is 0.131 e. The van der Waals surface area contributed by atoms with E-state index in [9.17, 15) is 4.39 Å². The summed E-state index contributed by atoms with van der Waals surface area (Å²) in [7, 11) is 0. The SMILES string of the molecule is Cc1cc(N)ncc1-c1ccc(F)c2ccccc12. The molecular formula is C16H13FN2. The molecule has 3 heteroatoms. The quantitative estimate of drug-likeness (QED) is 0.712. The minimum Gasteiger partial charge on any atom is -0.384 e. The van der Waals surface area contributed by atoms with Crippen molar-refractivity contribution in [1.82, 2.24) is 4.98 Å². The van der Waals surface area contributed by atoms with E-state index in [0.717, 1.165) is 22.1 Å². The van der Waals surface area contributed by atoms with E-state index in [0.29, 0.717) is 11.2 Å². The molecule has 0 saturated heterocycles. The lowest BCUT2D eigenvalue weighted by atomic mass is 9.96. The second-order valence-electron chi connectivity index (χ2n) is 4.56. The van der Waals surface area contributed by atoms with Gasteiger partial charge in [0.1, 0.15) is 11.6 Å². The van der Waals surface area contributed by atoms with Gasteiger partial charge in [-0.1, -0.05) is 30.3 Å². The summed E-state index contributed by atoms with van der Waals surface area (Å²) in [5.74, 6) is 0.285. The number of hydrogen-bond acceptors (Lipinski definition) is 2. The molecule has 1 heterocycles. The van der Waals surface area contributed by atoms with E-state index in [1.165, 1.54) is 6.07 Å². The molecule has 0 fully saturated rings. The predicted molar refractivity (Wildman–Crippen MR) is 76.3 cm³/mol. The fourth-order valence-corrected chi connectivity index (χ4v) is 2.36. The van der Waals surface area contributed by atoms with Crippen LogP contribution < -0.4 is 5.73 Å². The van der Waals surface area contributed by atoms with Gasteiger partial charge < -0.3 is 5.73 Å². The van der Waals surface area contributed by atoms with E-state index in [-0.39, 0.29) is 5.82 Å². The number of nitrogens with zero attached hydrogens (tertiary/aromatic N) is 1. The number of aryl methyl sites for hydroxylation is 1. The van der Waals surface area contributed by atoms with Gasteiger partial charge in [0.2, 0.25) is 0 Å². The van der Waals surface area contributed by atoms with Crippen LogP contribution in [-0.4, -0.2) is 4.98 Å². The Morgan fingerprint density at radius 3 is 2.47 bits per heavy atom. The molecule has 2 nitrogen and oxygen atoms in total. The molecule has 0 aliphatic rings. The Hall–Kier alpha value is -2.42. The van der Waals surface area contributed by atoms with E-state index in [1.807, 2.05) is 31.2 Å². The molecule has 0 bridgehead atoms. The van der Waals surface area contributed by atoms with Crippen LogP contribution in [0.3, 0.4) is 0 Å². The van der Waals surface area contributed by atoms with E-state index in [2.05, 4.69) is 4.98 Å². The summed E-state index contributed by atoms with van der Waals surface area (Å²) in [6, 6.07) is 12.6. The number of nitrogen functional groups attached to an aromatic ring is 1. The molecule has 2 N–H and O–H groups in total. The van der Waals surface area contributed by atoms with Gasteiger partial charge in [0.15, 0.2) is 0 Å². The molecule has 0 spiro atoms. The van der Waals surface area contributed by atoms with Crippen LogP contribution in [0.4, 0.5) is 10.2 Å². The van der Waals surface area contributed by atoms with Crippen molar-refractivity contribution in [1.29, 1.82) is 0 Å². The second kappa shape index (κ2) is 4.35. The molecule has 0 aliphatic carbocycles. The highest BCUT2D eigenvalue weighted by molar-refractivity contribution is 5.97. The number of fused-ring (bicyclic) bond motifs is 1. The van der Waals surface area contributed by atoms with Crippen molar-refractivity contribution < 1.29 is 4.39 Å². The average Bonchev–Trinajstić information content (AvgIpc) is 2.41. The van der Waals surface area contributed by atoms with Crippen LogP contribution in [0.1, 0.15) is 5.56 Å². The Labute approximate surface area is 110 Å². The third-order valence-electron chi connectivity index (χ3n) is 3.29. The van der Waals surface area contributed by atoms with Crippen molar-refractivity contribution in [2.45, 2.75) is 6.92 Å². The number of pyridine rings is 1. The van der Waals surface area contributed by atoms with Crippen LogP contribution in [0.25, 0.3) is 21.9 Å². The van der Waals surface area contributed by atoms with Gasteiger partial charge in [-0.25, -0.2) is 9.37 Å². The van der Waals surface area contributed by atoms with Crippen LogP contribution >= 0.6 is 0 Å². The van der Waals surface area contributed by atoms with Crippen LogP contribution in [0.2, 0.25) is 0 Å². The number of hydrogen-bond donors (Lipinski definition) is 1. The number of nitrogens with two attached hydrogens (primary N) is 1. The van der Waals surface area contributed by atoms with Crippen molar-refractivity contribution in [3.8, 4) is 11.1 Å². The zero-order valence-corrected chi connectivity index (χ0v) is 10.5. The van der Waals surface area contributed by atoms with Gasteiger partial charge in [-0.2, -0.15) is 0 Å². The first-order valence-corrected chi connectivity index (χ1v) is 6.06. The largest absolute Gasteiger partial charge is 0.384 e.